The van der Waals surface area contributed by atoms with Gasteiger partial charge >= 0.3 is 41.5 Å². The van der Waals surface area contributed by atoms with Crippen LogP contribution in [0.5, 0.6) is 0 Å². The number of rotatable bonds is 12. The zero-order chi connectivity index (χ0) is 16.1. The molecule has 0 aliphatic carbocycles. The van der Waals surface area contributed by atoms with Crippen molar-refractivity contribution >= 4 is 22.1 Å². The Balaban J connectivity index is 0. The minimum absolute atomic E-state index is 0. The summed E-state index contributed by atoms with van der Waals surface area (Å²) in [5, 5.41) is 0. The molecular weight excluding hydrogens is 319 g/mol. The quantitative estimate of drug-likeness (QED) is 0.156. The molecule has 0 spiro atoms. The van der Waals surface area contributed by atoms with Crippen LogP contribution in [0, 0.1) is 0 Å². The fraction of sp³-hybridized carbons (Fsp3) is 0.857. The molecule has 0 atom stereocenters. The zero-order valence-electron chi connectivity index (χ0n) is 13.6. The number of unbranched alkanes of at least 4 members (excludes halogenated alkanes) is 8. The molecule has 6 nitrogen and oxygen atoms in total. The van der Waals surface area contributed by atoms with Gasteiger partial charge in [-0.3, -0.25) is 9.59 Å². The fourth-order valence-corrected chi connectivity index (χ4v) is 2.28. The molecule has 0 saturated heterocycles. The van der Waals surface area contributed by atoms with Crippen molar-refractivity contribution in [2.45, 2.75) is 71.1 Å². The van der Waals surface area contributed by atoms with Crippen LogP contribution >= 0.6 is 0 Å². The Hall–Kier alpha value is 0.0500. The van der Waals surface area contributed by atoms with Crippen molar-refractivity contribution in [1.82, 2.24) is 0 Å². The van der Waals surface area contributed by atoms with Crippen molar-refractivity contribution in [1.29, 1.82) is 0 Å². The van der Waals surface area contributed by atoms with Gasteiger partial charge in [-0.1, -0.05) is 58.3 Å². The molecule has 0 aromatic carbocycles. The van der Waals surface area contributed by atoms with Crippen LogP contribution in [-0.2, 0) is 24.4 Å². The minimum atomic E-state index is -4.69. The standard InChI is InChI=1S/C14H26O6S.Na/c1-2-3-4-5-6-7-8-9-10-11-13(15)20-14(16)12-21(17,18)19;/h2-12H2,1H3,(H,17,18,19);/q;+1/p-1. The van der Waals surface area contributed by atoms with Gasteiger partial charge in [0.2, 0.25) is 0 Å². The molecule has 0 aromatic rings. The summed E-state index contributed by atoms with van der Waals surface area (Å²) in [7, 11) is -4.69. The Morgan fingerprint density at radius 2 is 1.32 bits per heavy atom. The van der Waals surface area contributed by atoms with Gasteiger partial charge in [0.05, 0.1) is 0 Å². The van der Waals surface area contributed by atoms with Crippen molar-refractivity contribution in [2.75, 3.05) is 5.75 Å². The van der Waals surface area contributed by atoms with Crippen molar-refractivity contribution < 1.29 is 56.9 Å². The largest absolute Gasteiger partial charge is 1.00 e. The molecule has 0 amide bonds. The molecule has 0 bridgehead atoms. The predicted molar refractivity (Wildman–Crippen MR) is 77.5 cm³/mol. The van der Waals surface area contributed by atoms with Gasteiger partial charge in [0, 0.05) is 6.42 Å². The van der Waals surface area contributed by atoms with E-state index in [1.165, 1.54) is 32.1 Å². The van der Waals surface area contributed by atoms with E-state index in [0.29, 0.717) is 6.42 Å². The normalized spacial score (nSPS) is 10.8. The van der Waals surface area contributed by atoms with Gasteiger partial charge in [-0.15, -0.1) is 0 Å². The van der Waals surface area contributed by atoms with Crippen LogP contribution in [0.2, 0.25) is 0 Å². The maximum Gasteiger partial charge on any atom is 1.00 e. The average molecular weight is 344 g/mol. The van der Waals surface area contributed by atoms with Gasteiger partial charge in [-0.25, -0.2) is 8.42 Å². The SMILES string of the molecule is CCCCCCCCCCCC(=O)OC(=O)CS(=O)(=O)[O-].[Na+]. The van der Waals surface area contributed by atoms with E-state index in [9.17, 15) is 22.6 Å². The van der Waals surface area contributed by atoms with Crippen LogP contribution in [0.25, 0.3) is 0 Å². The number of hydrogen-bond acceptors (Lipinski definition) is 6. The summed E-state index contributed by atoms with van der Waals surface area (Å²) in [4.78, 5) is 22.1. The second kappa shape index (κ2) is 14.6. The molecule has 124 valence electrons. The molecule has 0 aliphatic heterocycles. The van der Waals surface area contributed by atoms with E-state index in [0.717, 1.165) is 19.3 Å². The first-order valence-electron chi connectivity index (χ1n) is 7.52. The second-order valence-corrected chi connectivity index (χ2v) is 6.53. The Morgan fingerprint density at radius 3 is 1.77 bits per heavy atom. The smallest absolute Gasteiger partial charge is 0.748 e. The van der Waals surface area contributed by atoms with Gasteiger partial charge in [0.15, 0.2) is 0 Å². The summed E-state index contributed by atoms with van der Waals surface area (Å²) in [6.07, 6.45) is 9.93. The third-order valence-corrected chi connectivity index (χ3v) is 3.60. The summed E-state index contributed by atoms with van der Waals surface area (Å²) in [6.45, 7) is 2.18. The maximum absolute atomic E-state index is 11.2. The number of hydrogen-bond donors (Lipinski definition) is 0. The van der Waals surface area contributed by atoms with E-state index in [2.05, 4.69) is 11.7 Å². The maximum atomic E-state index is 11.2. The summed E-state index contributed by atoms with van der Waals surface area (Å²) < 4.78 is 35.1. The van der Waals surface area contributed by atoms with Crippen LogP contribution in [0.3, 0.4) is 0 Å². The van der Waals surface area contributed by atoms with Gasteiger partial charge in [-0.2, -0.15) is 0 Å². The summed E-state index contributed by atoms with van der Waals surface area (Å²) in [5.41, 5.74) is 0. The van der Waals surface area contributed by atoms with Crippen molar-refractivity contribution in [2.24, 2.45) is 0 Å². The third kappa shape index (κ3) is 18.1. The molecule has 8 heteroatoms. The molecule has 0 heterocycles. The van der Waals surface area contributed by atoms with Crippen molar-refractivity contribution in [3.63, 3.8) is 0 Å². The van der Waals surface area contributed by atoms with Crippen molar-refractivity contribution in [3.05, 3.63) is 0 Å². The number of ether oxygens (including phenoxy) is 1. The van der Waals surface area contributed by atoms with Crippen LogP contribution < -0.4 is 29.6 Å². The summed E-state index contributed by atoms with van der Waals surface area (Å²) >= 11 is 0. The van der Waals surface area contributed by atoms with Gasteiger partial charge in [0.1, 0.15) is 15.9 Å². The first-order valence-corrected chi connectivity index (χ1v) is 9.10. The Morgan fingerprint density at radius 1 is 0.864 bits per heavy atom. The Labute approximate surface area is 155 Å². The van der Waals surface area contributed by atoms with E-state index < -0.39 is 27.8 Å². The predicted octanol–water partition coefficient (Wildman–Crippen LogP) is -0.474. The fourth-order valence-electron chi connectivity index (χ4n) is 1.93. The summed E-state index contributed by atoms with van der Waals surface area (Å²) in [5.74, 6) is -3.37. The Bertz CT molecular complexity index is 408. The number of carbonyl (C=O) groups is 2. The van der Waals surface area contributed by atoms with Crippen LogP contribution in [0.15, 0.2) is 0 Å². The summed E-state index contributed by atoms with van der Waals surface area (Å²) in [6, 6.07) is 0. The zero-order valence-corrected chi connectivity index (χ0v) is 16.5. The van der Waals surface area contributed by atoms with E-state index in [1.54, 1.807) is 0 Å². The molecule has 0 aliphatic rings. The first-order chi connectivity index (χ1) is 9.85. The molecule has 0 saturated carbocycles. The first kappa shape index (κ1) is 24.3. The molecule has 0 radical (unpaired) electrons. The molecule has 0 N–H and O–H groups in total. The minimum Gasteiger partial charge on any atom is -0.748 e. The molecule has 0 unspecified atom stereocenters. The topological polar surface area (TPSA) is 101 Å². The number of carbonyl (C=O) groups excluding carboxylic acids is 2. The molecular formula is C14H25NaO6S. The van der Waals surface area contributed by atoms with Crippen molar-refractivity contribution in [3.8, 4) is 0 Å². The molecule has 0 fully saturated rings. The molecule has 0 rings (SSSR count). The van der Waals surface area contributed by atoms with E-state index in [1.807, 2.05) is 0 Å². The van der Waals surface area contributed by atoms with E-state index in [-0.39, 0.29) is 36.0 Å². The van der Waals surface area contributed by atoms with E-state index in [4.69, 9.17) is 0 Å². The Kier molecular flexibility index (Phi) is 16.2. The van der Waals surface area contributed by atoms with Gasteiger partial charge in [0.25, 0.3) is 0 Å². The number of esters is 2. The van der Waals surface area contributed by atoms with Gasteiger partial charge < -0.3 is 9.29 Å². The van der Waals surface area contributed by atoms with Crippen LogP contribution in [-0.4, -0.2) is 30.7 Å². The molecule has 22 heavy (non-hydrogen) atoms. The van der Waals surface area contributed by atoms with Crippen LogP contribution in [0.4, 0.5) is 0 Å². The average Bonchev–Trinajstić information content (AvgIpc) is 2.34. The van der Waals surface area contributed by atoms with Gasteiger partial charge in [-0.05, 0) is 6.42 Å². The van der Waals surface area contributed by atoms with Crippen LogP contribution in [0.1, 0.15) is 71.1 Å². The van der Waals surface area contributed by atoms with E-state index >= 15 is 0 Å². The monoisotopic (exact) mass is 344 g/mol. The second-order valence-electron chi connectivity index (χ2n) is 5.13. The molecule has 0 aromatic heterocycles. The third-order valence-electron chi connectivity index (χ3n) is 3.01.